The lowest BCUT2D eigenvalue weighted by Crippen LogP contribution is -2.51. The van der Waals surface area contributed by atoms with Gasteiger partial charge in [0.2, 0.25) is 0 Å². The highest BCUT2D eigenvalue weighted by Crippen LogP contribution is 2.23. The van der Waals surface area contributed by atoms with Crippen LogP contribution in [-0.4, -0.2) is 53.7 Å². The Morgan fingerprint density at radius 2 is 1.35 bits per heavy atom. The summed E-state index contributed by atoms with van der Waals surface area (Å²) in [6, 6.07) is 0. The van der Waals surface area contributed by atoms with Gasteiger partial charge in [0.1, 0.15) is 5.92 Å². The predicted molar refractivity (Wildman–Crippen MR) is 79.0 cm³/mol. The lowest BCUT2D eigenvalue weighted by atomic mass is 9.95. The zero-order chi connectivity index (χ0) is 17.9. The van der Waals surface area contributed by atoms with E-state index in [4.69, 9.17) is 9.47 Å². The van der Waals surface area contributed by atoms with Crippen LogP contribution in [0.5, 0.6) is 0 Å². The molecule has 8 heteroatoms. The summed E-state index contributed by atoms with van der Waals surface area (Å²) in [4.78, 5) is 35.4. The monoisotopic (exact) mass is 334 g/mol. The van der Waals surface area contributed by atoms with Crippen LogP contribution in [0.2, 0.25) is 0 Å². The normalized spacial score (nSPS) is 12.4. The van der Waals surface area contributed by atoms with Gasteiger partial charge in [0.25, 0.3) is 5.79 Å². The van der Waals surface area contributed by atoms with Crippen molar-refractivity contribution in [2.75, 3.05) is 19.8 Å². The Kier molecular flexibility index (Phi) is 10.2. The molecular formula is C15H26O8. The SMILES string of the molecule is CCCOC(=O)CC(C(=O)OCCC)C(O)(O)C(=O)OCCC. The number of rotatable bonds is 11. The molecule has 0 aliphatic carbocycles. The number of carbonyl (C=O) groups is 3. The predicted octanol–water partition coefficient (Wildman–Crippen LogP) is 0.533. The molecule has 134 valence electrons. The first kappa shape index (κ1) is 21.3. The summed E-state index contributed by atoms with van der Waals surface area (Å²) in [6.07, 6.45) is 0.837. The molecule has 0 aliphatic heterocycles. The quantitative estimate of drug-likeness (QED) is 0.319. The third-order valence-corrected chi connectivity index (χ3v) is 2.79. The molecule has 0 fully saturated rings. The molecule has 23 heavy (non-hydrogen) atoms. The average Bonchev–Trinajstić information content (AvgIpc) is 2.52. The topological polar surface area (TPSA) is 119 Å². The summed E-state index contributed by atoms with van der Waals surface area (Å²) in [7, 11) is 0. The molecule has 1 unspecified atom stereocenters. The summed E-state index contributed by atoms with van der Waals surface area (Å²) in [5.74, 6) is -8.28. The van der Waals surface area contributed by atoms with E-state index in [0.717, 1.165) is 0 Å². The van der Waals surface area contributed by atoms with Crippen LogP contribution in [0.25, 0.3) is 0 Å². The zero-order valence-corrected chi connectivity index (χ0v) is 13.9. The minimum atomic E-state index is -3.16. The highest BCUT2D eigenvalue weighted by Gasteiger charge is 2.50. The van der Waals surface area contributed by atoms with E-state index in [0.29, 0.717) is 19.3 Å². The fourth-order valence-corrected chi connectivity index (χ4v) is 1.58. The second-order valence-electron chi connectivity index (χ2n) is 5.01. The lowest BCUT2D eigenvalue weighted by Gasteiger charge is -2.27. The fourth-order valence-electron chi connectivity index (χ4n) is 1.58. The van der Waals surface area contributed by atoms with Crippen molar-refractivity contribution in [3.05, 3.63) is 0 Å². The van der Waals surface area contributed by atoms with Crippen LogP contribution in [0.1, 0.15) is 46.5 Å². The molecule has 2 N–H and O–H groups in total. The molecule has 0 bridgehead atoms. The van der Waals surface area contributed by atoms with Crippen molar-refractivity contribution in [2.45, 2.75) is 52.2 Å². The van der Waals surface area contributed by atoms with E-state index in [9.17, 15) is 24.6 Å². The molecular weight excluding hydrogens is 308 g/mol. The molecule has 0 saturated heterocycles. The molecule has 0 aromatic rings. The van der Waals surface area contributed by atoms with Gasteiger partial charge in [-0.3, -0.25) is 9.59 Å². The Bertz CT molecular complexity index is 391. The molecule has 8 nitrogen and oxygen atoms in total. The first-order valence-electron chi connectivity index (χ1n) is 7.75. The molecule has 0 aromatic carbocycles. The van der Waals surface area contributed by atoms with Crippen molar-refractivity contribution in [3.63, 3.8) is 0 Å². The maximum Gasteiger partial charge on any atom is 0.367 e. The zero-order valence-electron chi connectivity index (χ0n) is 13.9. The van der Waals surface area contributed by atoms with Crippen LogP contribution in [0.15, 0.2) is 0 Å². The molecule has 0 aliphatic rings. The molecule has 1 atom stereocenters. The van der Waals surface area contributed by atoms with Gasteiger partial charge in [-0.25, -0.2) is 4.79 Å². The number of aliphatic hydroxyl groups is 2. The van der Waals surface area contributed by atoms with Crippen LogP contribution in [0.3, 0.4) is 0 Å². The second-order valence-corrected chi connectivity index (χ2v) is 5.01. The summed E-state index contributed by atoms with van der Waals surface area (Å²) in [5.41, 5.74) is 0. The molecule has 0 spiro atoms. The Morgan fingerprint density at radius 3 is 1.87 bits per heavy atom. The van der Waals surface area contributed by atoms with Crippen LogP contribution in [0.4, 0.5) is 0 Å². The minimum absolute atomic E-state index is 0.0272. The van der Waals surface area contributed by atoms with Gasteiger partial charge in [-0.1, -0.05) is 20.8 Å². The van der Waals surface area contributed by atoms with Crippen LogP contribution < -0.4 is 0 Å². The van der Waals surface area contributed by atoms with Gasteiger partial charge < -0.3 is 24.4 Å². The Labute approximate surface area is 135 Å². The first-order valence-corrected chi connectivity index (χ1v) is 7.75. The van der Waals surface area contributed by atoms with Crippen molar-refractivity contribution in [2.24, 2.45) is 5.92 Å². The highest BCUT2D eigenvalue weighted by molar-refractivity contribution is 5.88. The van der Waals surface area contributed by atoms with E-state index >= 15 is 0 Å². The van der Waals surface area contributed by atoms with Gasteiger partial charge in [-0.2, -0.15) is 0 Å². The van der Waals surface area contributed by atoms with E-state index in [1.165, 1.54) is 0 Å². The Balaban J connectivity index is 5.10. The third-order valence-electron chi connectivity index (χ3n) is 2.79. The van der Waals surface area contributed by atoms with E-state index in [-0.39, 0.29) is 19.8 Å². The van der Waals surface area contributed by atoms with Crippen molar-refractivity contribution >= 4 is 17.9 Å². The number of ether oxygens (including phenoxy) is 3. The molecule has 0 rings (SSSR count). The summed E-state index contributed by atoms with van der Waals surface area (Å²) >= 11 is 0. The number of carbonyl (C=O) groups excluding carboxylic acids is 3. The second kappa shape index (κ2) is 11.0. The smallest absolute Gasteiger partial charge is 0.367 e. The largest absolute Gasteiger partial charge is 0.466 e. The highest BCUT2D eigenvalue weighted by atomic mass is 16.6. The van der Waals surface area contributed by atoms with Crippen LogP contribution in [-0.2, 0) is 28.6 Å². The van der Waals surface area contributed by atoms with Crippen LogP contribution >= 0.6 is 0 Å². The standard InChI is InChI=1S/C15H26O8/c1-4-7-21-12(16)10-11(13(17)22-8-5-2)15(19,20)14(18)23-9-6-3/h11,19-20H,4-10H2,1-3H3. The van der Waals surface area contributed by atoms with E-state index in [2.05, 4.69) is 4.74 Å². The van der Waals surface area contributed by atoms with Crippen LogP contribution in [0, 0.1) is 5.92 Å². The van der Waals surface area contributed by atoms with E-state index in [1.54, 1.807) is 20.8 Å². The van der Waals surface area contributed by atoms with Gasteiger partial charge in [0.15, 0.2) is 0 Å². The fraction of sp³-hybridized carbons (Fsp3) is 0.800. The van der Waals surface area contributed by atoms with Gasteiger partial charge >= 0.3 is 17.9 Å². The molecule has 0 heterocycles. The summed E-state index contributed by atoms with van der Waals surface area (Å²) < 4.78 is 14.3. The minimum Gasteiger partial charge on any atom is -0.466 e. The number of hydrogen-bond donors (Lipinski definition) is 2. The molecule has 0 amide bonds. The number of esters is 3. The maximum atomic E-state index is 12.0. The van der Waals surface area contributed by atoms with Gasteiger partial charge in [0, 0.05) is 0 Å². The first-order chi connectivity index (χ1) is 10.8. The Morgan fingerprint density at radius 1 is 0.870 bits per heavy atom. The van der Waals surface area contributed by atoms with E-state index in [1.807, 2.05) is 0 Å². The molecule has 0 saturated carbocycles. The van der Waals surface area contributed by atoms with Gasteiger partial charge in [-0.05, 0) is 19.3 Å². The summed E-state index contributed by atoms with van der Waals surface area (Å²) in [6.45, 7) is 5.36. The van der Waals surface area contributed by atoms with E-state index < -0.39 is 36.0 Å². The maximum absolute atomic E-state index is 12.0. The average molecular weight is 334 g/mol. The Hall–Kier alpha value is -1.67. The number of hydrogen-bond acceptors (Lipinski definition) is 8. The van der Waals surface area contributed by atoms with Crippen molar-refractivity contribution in [3.8, 4) is 0 Å². The van der Waals surface area contributed by atoms with Gasteiger partial charge in [0.05, 0.1) is 26.2 Å². The van der Waals surface area contributed by atoms with Crippen molar-refractivity contribution in [1.82, 2.24) is 0 Å². The third kappa shape index (κ3) is 7.43. The van der Waals surface area contributed by atoms with Crippen molar-refractivity contribution in [1.29, 1.82) is 0 Å². The van der Waals surface area contributed by atoms with Crippen molar-refractivity contribution < 1.29 is 38.8 Å². The molecule has 0 aromatic heterocycles. The molecule has 0 radical (unpaired) electrons. The summed E-state index contributed by atoms with van der Waals surface area (Å²) in [5, 5.41) is 20.0. The van der Waals surface area contributed by atoms with Gasteiger partial charge in [-0.15, -0.1) is 0 Å². The lowest BCUT2D eigenvalue weighted by molar-refractivity contribution is -0.233.